The van der Waals surface area contributed by atoms with E-state index in [-0.39, 0.29) is 0 Å². The Morgan fingerprint density at radius 2 is 2.28 bits per heavy atom. The van der Waals surface area contributed by atoms with Gasteiger partial charge in [-0.1, -0.05) is 0 Å². The van der Waals surface area contributed by atoms with Gasteiger partial charge in [-0.3, -0.25) is 4.79 Å². The van der Waals surface area contributed by atoms with Crippen LogP contribution in [0.3, 0.4) is 0 Å². The third-order valence-corrected chi connectivity index (χ3v) is 3.47. The van der Waals surface area contributed by atoms with Gasteiger partial charge < -0.3 is 5.32 Å². The van der Waals surface area contributed by atoms with Crippen LogP contribution in [0.4, 0.5) is 0 Å². The molecule has 3 rings (SSSR count). The lowest BCUT2D eigenvalue weighted by atomic mass is 9.94. The third kappa shape index (κ3) is 2.26. The van der Waals surface area contributed by atoms with Gasteiger partial charge in [0.15, 0.2) is 11.5 Å². The number of fused-ring (bicyclic) bond motifs is 1. The maximum atomic E-state index is 10.7. The summed E-state index contributed by atoms with van der Waals surface area (Å²) in [5.41, 5.74) is 1.40. The quantitative estimate of drug-likeness (QED) is 0.821. The van der Waals surface area contributed by atoms with Gasteiger partial charge in [0, 0.05) is 18.2 Å². The van der Waals surface area contributed by atoms with Crippen molar-refractivity contribution in [3.05, 3.63) is 29.7 Å². The minimum Gasteiger partial charge on any atom is -0.317 e. The number of rotatable bonds is 3. The van der Waals surface area contributed by atoms with Crippen molar-refractivity contribution in [2.75, 3.05) is 13.1 Å². The zero-order chi connectivity index (χ0) is 12.4. The Bertz CT molecular complexity index is 557. The molecule has 0 aromatic carbocycles. The van der Waals surface area contributed by atoms with Gasteiger partial charge in [-0.15, -0.1) is 0 Å². The van der Waals surface area contributed by atoms with Gasteiger partial charge in [0.2, 0.25) is 0 Å². The maximum absolute atomic E-state index is 10.7. The topological polar surface area (TPSA) is 59.3 Å². The molecule has 5 nitrogen and oxygen atoms in total. The number of carbonyl (C=O) groups excluding carboxylic acids is 1. The molecule has 0 unspecified atom stereocenters. The first-order chi connectivity index (χ1) is 8.85. The zero-order valence-corrected chi connectivity index (χ0v) is 10.2. The minimum absolute atomic E-state index is 0.642. The summed E-state index contributed by atoms with van der Waals surface area (Å²) in [4.78, 5) is 15.2. The summed E-state index contributed by atoms with van der Waals surface area (Å²) in [5.74, 6) is 1.55. The summed E-state index contributed by atoms with van der Waals surface area (Å²) < 4.78 is 1.74. The van der Waals surface area contributed by atoms with Crippen molar-refractivity contribution in [2.45, 2.75) is 19.3 Å². The summed E-state index contributed by atoms with van der Waals surface area (Å²) in [6, 6.07) is 3.52. The lowest BCUT2D eigenvalue weighted by molar-refractivity contribution is 0.112. The number of hydrogen-bond donors (Lipinski definition) is 1. The number of piperidine rings is 1. The van der Waals surface area contributed by atoms with Crippen LogP contribution in [0.25, 0.3) is 5.65 Å². The Morgan fingerprint density at radius 1 is 1.44 bits per heavy atom. The van der Waals surface area contributed by atoms with E-state index < -0.39 is 0 Å². The number of nitrogens with zero attached hydrogens (tertiary/aromatic N) is 3. The van der Waals surface area contributed by atoms with Gasteiger partial charge in [-0.25, -0.2) is 9.50 Å². The van der Waals surface area contributed by atoms with Crippen LogP contribution in [-0.4, -0.2) is 34.0 Å². The van der Waals surface area contributed by atoms with Gasteiger partial charge in [0.25, 0.3) is 0 Å². The molecule has 3 heterocycles. The molecular formula is C13H16N4O. The average Bonchev–Trinajstić information content (AvgIpc) is 2.80. The second kappa shape index (κ2) is 4.86. The van der Waals surface area contributed by atoms with Crippen LogP contribution in [0.5, 0.6) is 0 Å². The van der Waals surface area contributed by atoms with Crippen LogP contribution in [-0.2, 0) is 6.42 Å². The molecule has 2 aromatic rings. The molecule has 1 N–H and O–H groups in total. The number of pyridine rings is 1. The Balaban J connectivity index is 1.81. The number of aromatic nitrogens is 3. The fourth-order valence-electron chi connectivity index (χ4n) is 2.45. The first kappa shape index (κ1) is 11.3. The van der Waals surface area contributed by atoms with Gasteiger partial charge in [-0.2, -0.15) is 5.10 Å². The molecule has 0 saturated carbocycles. The van der Waals surface area contributed by atoms with E-state index in [1.54, 1.807) is 22.8 Å². The van der Waals surface area contributed by atoms with E-state index in [0.29, 0.717) is 11.5 Å². The van der Waals surface area contributed by atoms with Crippen molar-refractivity contribution < 1.29 is 4.79 Å². The van der Waals surface area contributed by atoms with E-state index >= 15 is 0 Å². The first-order valence-electron chi connectivity index (χ1n) is 6.36. The summed E-state index contributed by atoms with van der Waals surface area (Å²) in [6.07, 6.45) is 5.93. The van der Waals surface area contributed by atoms with E-state index in [1.165, 1.54) is 12.8 Å². The van der Waals surface area contributed by atoms with E-state index in [2.05, 4.69) is 15.4 Å². The molecular weight excluding hydrogens is 228 g/mol. The van der Waals surface area contributed by atoms with Crippen molar-refractivity contribution in [3.8, 4) is 0 Å². The van der Waals surface area contributed by atoms with Crippen molar-refractivity contribution in [3.63, 3.8) is 0 Å². The molecule has 0 amide bonds. The van der Waals surface area contributed by atoms with E-state index in [9.17, 15) is 4.79 Å². The largest absolute Gasteiger partial charge is 0.317 e. The lowest BCUT2D eigenvalue weighted by Crippen LogP contribution is -2.28. The van der Waals surface area contributed by atoms with E-state index in [1.807, 2.05) is 0 Å². The molecule has 1 aliphatic heterocycles. The highest BCUT2D eigenvalue weighted by atomic mass is 16.1. The standard InChI is InChI=1S/C13H16N4O/c18-9-11-3-6-17-13(8-11)15-12(16-17)7-10-1-4-14-5-2-10/h3,6,8-10,14H,1-2,4-5,7H2. The second-order valence-corrected chi connectivity index (χ2v) is 4.81. The molecule has 0 spiro atoms. The number of aldehydes is 1. The molecule has 94 valence electrons. The second-order valence-electron chi connectivity index (χ2n) is 4.81. The Labute approximate surface area is 105 Å². The predicted octanol–water partition coefficient (Wildman–Crippen LogP) is 1.08. The normalized spacial score (nSPS) is 17.1. The Morgan fingerprint density at radius 3 is 3.06 bits per heavy atom. The predicted molar refractivity (Wildman–Crippen MR) is 67.7 cm³/mol. The van der Waals surface area contributed by atoms with Crippen molar-refractivity contribution in [2.24, 2.45) is 5.92 Å². The minimum atomic E-state index is 0.642. The molecule has 0 aliphatic carbocycles. The van der Waals surface area contributed by atoms with Gasteiger partial charge in [-0.05, 0) is 44.0 Å². The fourth-order valence-corrected chi connectivity index (χ4v) is 2.45. The Hall–Kier alpha value is -1.75. The zero-order valence-electron chi connectivity index (χ0n) is 10.2. The smallest absolute Gasteiger partial charge is 0.156 e. The fraction of sp³-hybridized carbons (Fsp3) is 0.462. The van der Waals surface area contributed by atoms with E-state index in [4.69, 9.17) is 0 Å². The summed E-state index contributed by atoms with van der Waals surface area (Å²) in [7, 11) is 0. The molecule has 18 heavy (non-hydrogen) atoms. The summed E-state index contributed by atoms with van der Waals surface area (Å²) in [6.45, 7) is 2.18. The van der Waals surface area contributed by atoms with Gasteiger partial charge in [0.1, 0.15) is 6.29 Å². The number of carbonyl (C=O) groups is 1. The van der Waals surface area contributed by atoms with Crippen molar-refractivity contribution >= 4 is 11.9 Å². The number of hydrogen-bond acceptors (Lipinski definition) is 4. The van der Waals surface area contributed by atoms with Gasteiger partial charge >= 0.3 is 0 Å². The van der Waals surface area contributed by atoms with Crippen molar-refractivity contribution in [1.29, 1.82) is 0 Å². The molecule has 0 radical (unpaired) electrons. The van der Waals surface area contributed by atoms with E-state index in [0.717, 1.165) is 37.3 Å². The van der Waals surface area contributed by atoms with Gasteiger partial charge in [0.05, 0.1) is 0 Å². The molecule has 0 atom stereocenters. The highest BCUT2D eigenvalue weighted by molar-refractivity contribution is 5.76. The average molecular weight is 244 g/mol. The van der Waals surface area contributed by atoms with Crippen molar-refractivity contribution in [1.82, 2.24) is 19.9 Å². The summed E-state index contributed by atoms with van der Waals surface area (Å²) in [5, 5.41) is 7.81. The molecule has 1 fully saturated rings. The van der Waals surface area contributed by atoms with Crippen LogP contribution in [0.15, 0.2) is 18.3 Å². The SMILES string of the molecule is O=Cc1ccn2nc(CC3CCNCC3)nc2c1. The first-order valence-corrected chi connectivity index (χ1v) is 6.36. The third-order valence-electron chi connectivity index (χ3n) is 3.47. The maximum Gasteiger partial charge on any atom is 0.156 e. The van der Waals surface area contributed by atoms with Crippen LogP contribution < -0.4 is 5.32 Å². The highest BCUT2D eigenvalue weighted by Crippen LogP contribution is 2.16. The molecule has 2 aromatic heterocycles. The molecule has 1 aliphatic rings. The molecule has 0 bridgehead atoms. The highest BCUT2D eigenvalue weighted by Gasteiger charge is 2.16. The monoisotopic (exact) mass is 244 g/mol. The van der Waals surface area contributed by atoms with Crippen LogP contribution in [0.2, 0.25) is 0 Å². The summed E-state index contributed by atoms with van der Waals surface area (Å²) >= 11 is 0. The van der Waals surface area contributed by atoms with Crippen LogP contribution in [0, 0.1) is 5.92 Å². The Kier molecular flexibility index (Phi) is 3.06. The molecule has 5 heteroatoms. The molecule has 1 saturated heterocycles. The van der Waals surface area contributed by atoms with Crippen LogP contribution in [0.1, 0.15) is 29.0 Å². The van der Waals surface area contributed by atoms with Crippen LogP contribution >= 0.6 is 0 Å². The lowest BCUT2D eigenvalue weighted by Gasteiger charge is -2.20. The number of nitrogens with one attached hydrogen (secondary N) is 1.